The summed E-state index contributed by atoms with van der Waals surface area (Å²) >= 11 is 0. The van der Waals surface area contributed by atoms with Gasteiger partial charge in [-0.25, -0.2) is 4.98 Å². The van der Waals surface area contributed by atoms with Gasteiger partial charge in [0, 0.05) is 21.1 Å². The van der Waals surface area contributed by atoms with Crippen molar-refractivity contribution >= 4 is 5.82 Å². The van der Waals surface area contributed by atoms with Gasteiger partial charge >= 0.3 is 0 Å². The average Bonchev–Trinajstić information content (AvgIpc) is 2.07. The Hall–Kier alpha value is -0.990. The third-order valence-electron chi connectivity index (χ3n) is 1.88. The number of aromatic nitrogens is 2. The lowest BCUT2D eigenvalue weighted by molar-refractivity contribution is 0.835. The van der Waals surface area contributed by atoms with Crippen molar-refractivity contribution in [3.8, 4) is 0 Å². The van der Waals surface area contributed by atoms with E-state index < -0.39 is 0 Å². The van der Waals surface area contributed by atoms with E-state index in [1.54, 1.807) is 0 Å². The predicted molar refractivity (Wildman–Crippen MR) is 47.0 cm³/mol. The van der Waals surface area contributed by atoms with E-state index in [1.165, 1.54) is 5.82 Å². The third kappa shape index (κ3) is 1.23. The molecule has 0 saturated carbocycles. The van der Waals surface area contributed by atoms with Crippen LogP contribution in [0.25, 0.3) is 0 Å². The second kappa shape index (κ2) is 2.57. The van der Waals surface area contributed by atoms with Gasteiger partial charge in [0.1, 0.15) is 11.6 Å². The van der Waals surface area contributed by atoms with Gasteiger partial charge in [-0.15, -0.1) is 0 Å². The Morgan fingerprint density at radius 1 is 1.27 bits per heavy atom. The SMILES string of the molecule is Cc1nc(C)n(C)c1N(C)C. The summed E-state index contributed by atoms with van der Waals surface area (Å²) in [6.07, 6.45) is 0. The molecule has 0 radical (unpaired) electrons. The van der Waals surface area contributed by atoms with Crippen molar-refractivity contribution in [3.63, 3.8) is 0 Å². The lowest BCUT2D eigenvalue weighted by Crippen LogP contribution is -2.14. The fourth-order valence-electron chi connectivity index (χ4n) is 1.39. The second-order valence-corrected chi connectivity index (χ2v) is 3.02. The Labute approximate surface area is 67.7 Å². The highest BCUT2D eigenvalue weighted by molar-refractivity contribution is 5.43. The van der Waals surface area contributed by atoms with E-state index in [1.807, 2.05) is 35.0 Å². The molecule has 0 fully saturated rings. The topological polar surface area (TPSA) is 21.1 Å². The molecule has 0 amide bonds. The van der Waals surface area contributed by atoms with Crippen LogP contribution < -0.4 is 4.90 Å². The molecule has 0 N–H and O–H groups in total. The summed E-state index contributed by atoms with van der Waals surface area (Å²) in [4.78, 5) is 6.43. The second-order valence-electron chi connectivity index (χ2n) is 3.02. The van der Waals surface area contributed by atoms with Crippen LogP contribution in [0.1, 0.15) is 11.5 Å². The van der Waals surface area contributed by atoms with E-state index in [9.17, 15) is 0 Å². The van der Waals surface area contributed by atoms with E-state index in [0.717, 1.165) is 11.5 Å². The first kappa shape index (κ1) is 8.11. The molecule has 1 aromatic heterocycles. The minimum absolute atomic E-state index is 1.06. The molecule has 62 valence electrons. The maximum Gasteiger partial charge on any atom is 0.130 e. The first-order valence-electron chi connectivity index (χ1n) is 3.71. The normalized spacial score (nSPS) is 10.3. The molecular formula is C8H15N3. The average molecular weight is 153 g/mol. The highest BCUT2D eigenvalue weighted by Crippen LogP contribution is 2.16. The van der Waals surface area contributed by atoms with Crippen LogP contribution in [0.15, 0.2) is 0 Å². The Morgan fingerprint density at radius 2 is 1.82 bits per heavy atom. The molecule has 0 saturated heterocycles. The van der Waals surface area contributed by atoms with Gasteiger partial charge < -0.3 is 9.47 Å². The van der Waals surface area contributed by atoms with E-state index in [4.69, 9.17) is 0 Å². The van der Waals surface area contributed by atoms with Crippen molar-refractivity contribution in [1.29, 1.82) is 0 Å². The fraction of sp³-hybridized carbons (Fsp3) is 0.625. The van der Waals surface area contributed by atoms with Crippen LogP contribution in [0.2, 0.25) is 0 Å². The fourth-order valence-corrected chi connectivity index (χ4v) is 1.39. The minimum Gasteiger partial charge on any atom is -0.363 e. The number of hydrogen-bond donors (Lipinski definition) is 0. The van der Waals surface area contributed by atoms with Gasteiger partial charge in [0.15, 0.2) is 0 Å². The van der Waals surface area contributed by atoms with Gasteiger partial charge in [-0.1, -0.05) is 0 Å². The number of hydrogen-bond acceptors (Lipinski definition) is 2. The summed E-state index contributed by atoms with van der Waals surface area (Å²) in [5.74, 6) is 2.24. The third-order valence-corrected chi connectivity index (χ3v) is 1.88. The number of aryl methyl sites for hydroxylation is 2. The molecule has 3 nitrogen and oxygen atoms in total. The smallest absolute Gasteiger partial charge is 0.130 e. The highest BCUT2D eigenvalue weighted by atomic mass is 15.2. The van der Waals surface area contributed by atoms with Gasteiger partial charge in [-0.05, 0) is 13.8 Å². The molecule has 1 heterocycles. The van der Waals surface area contributed by atoms with Crippen LogP contribution >= 0.6 is 0 Å². The number of imidazole rings is 1. The Morgan fingerprint density at radius 3 is 2.00 bits per heavy atom. The van der Waals surface area contributed by atoms with Gasteiger partial charge in [0.2, 0.25) is 0 Å². The Bertz CT molecular complexity index is 261. The van der Waals surface area contributed by atoms with E-state index in [2.05, 4.69) is 14.5 Å². The van der Waals surface area contributed by atoms with Crippen LogP contribution in [0, 0.1) is 13.8 Å². The molecular weight excluding hydrogens is 138 g/mol. The molecule has 11 heavy (non-hydrogen) atoms. The van der Waals surface area contributed by atoms with Crippen molar-refractivity contribution in [3.05, 3.63) is 11.5 Å². The monoisotopic (exact) mass is 153 g/mol. The molecule has 0 aliphatic heterocycles. The molecule has 0 aromatic carbocycles. The molecule has 0 spiro atoms. The molecule has 1 rings (SSSR count). The standard InChI is InChI=1S/C8H15N3/c1-6-8(10(3)4)11(5)7(2)9-6/h1-5H3. The predicted octanol–water partition coefficient (Wildman–Crippen LogP) is 1.10. The summed E-state index contributed by atoms with van der Waals surface area (Å²) in [6, 6.07) is 0. The lowest BCUT2D eigenvalue weighted by Gasteiger charge is -2.13. The zero-order valence-corrected chi connectivity index (χ0v) is 7.84. The number of nitrogens with zero attached hydrogens (tertiary/aromatic N) is 3. The molecule has 0 bridgehead atoms. The van der Waals surface area contributed by atoms with Crippen molar-refractivity contribution < 1.29 is 0 Å². The van der Waals surface area contributed by atoms with Crippen LogP contribution in [-0.4, -0.2) is 23.6 Å². The summed E-state index contributed by atoms with van der Waals surface area (Å²) in [7, 11) is 6.09. The van der Waals surface area contributed by atoms with Gasteiger partial charge in [-0.2, -0.15) is 0 Å². The minimum atomic E-state index is 1.06. The quantitative estimate of drug-likeness (QED) is 0.602. The number of rotatable bonds is 1. The van der Waals surface area contributed by atoms with Gasteiger partial charge in [0.05, 0.1) is 5.69 Å². The van der Waals surface area contributed by atoms with E-state index in [-0.39, 0.29) is 0 Å². The molecule has 3 heteroatoms. The maximum atomic E-state index is 4.35. The van der Waals surface area contributed by atoms with Crippen LogP contribution in [0.3, 0.4) is 0 Å². The molecule has 0 atom stereocenters. The van der Waals surface area contributed by atoms with Gasteiger partial charge in [-0.3, -0.25) is 0 Å². The maximum absolute atomic E-state index is 4.35. The lowest BCUT2D eigenvalue weighted by atomic mass is 10.4. The molecule has 0 aliphatic rings. The van der Waals surface area contributed by atoms with E-state index in [0.29, 0.717) is 0 Å². The molecule has 0 unspecified atom stereocenters. The summed E-state index contributed by atoms with van der Waals surface area (Å²) in [5.41, 5.74) is 1.09. The van der Waals surface area contributed by atoms with Crippen molar-refractivity contribution in [2.24, 2.45) is 7.05 Å². The largest absolute Gasteiger partial charge is 0.363 e. The van der Waals surface area contributed by atoms with Crippen molar-refractivity contribution in [2.45, 2.75) is 13.8 Å². The van der Waals surface area contributed by atoms with Gasteiger partial charge in [0.25, 0.3) is 0 Å². The first-order valence-corrected chi connectivity index (χ1v) is 3.71. The van der Waals surface area contributed by atoms with Crippen LogP contribution in [0.4, 0.5) is 5.82 Å². The Kier molecular flexibility index (Phi) is 1.89. The zero-order chi connectivity index (χ0) is 8.59. The zero-order valence-electron chi connectivity index (χ0n) is 7.84. The molecule has 1 aromatic rings. The van der Waals surface area contributed by atoms with Crippen LogP contribution in [-0.2, 0) is 7.05 Å². The van der Waals surface area contributed by atoms with Crippen molar-refractivity contribution in [1.82, 2.24) is 9.55 Å². The number of anilines is 1. The summed E-state index contributed by atoms with van der Waals surface area (Å²) < 4.78 is 2.09. The summed E-state index contributed by atoms with van der Waals surface area (Å²) in [5, 5.41) is 0. The van der Waals surface area contributed by atoms with E-state index >= 15 is 0 Å². The molecule has 0 aliphatic carbocycles. The first-order chi connectivity index (χ1) is 5.04. The highest BCUT2D eigenvalue weighted by Gasteiger charge is 2.08. The Balaban J connectivity index is 3.22. The summed E-state index contributed by atoms with van der Waals surface area (Å²) in [6.45, 7) is 4.04. The van der Waals surface area contributed by atoms with Crippen molar-refractivity contribution in [2.75, 3.05) is 19.0 Å². The van der Waals surface area contributed by atoms with Crippen LogP contribution in [0.5, 0.6) is 0 Å².